The molecule has 0 saturated carbocycles. The van der Waals surface area contributed by atoms with E-state index < -0.39 is 21.2 Å². The zero-order valence-corrected chi connectivity index (χ0v) is 10.2. The molecule has 0 spiro atoms. The van der Waals surface area contributed by atoms with Crippen LogP contribution in [0.2, 0.25) is 0 Å². The molecule has 0 heterocycles. The van der Waals surface area contributed by atoms with Crippen LogP contribution in [0.25, 0.3) is 0 Å². The van der Waals surface area contributed by atoms with E-state index in [4.69, 9.17) is 15.6 Å². The monoisotopic (exact) mass is 259 g/mol. The van der Waals surface area contributed by atoms with Crippen molar-refractivity contribution in [2.45, 2.75) is 5.37 Å². The summed E-state index contributed by atoms with van der Waals surface area (Å²) in [5.74, 6) is -1.05. The second-order valence-electron chi connectivity index (χ2n) is 3.52. The molecule has 0 aliphatic heterocycles. The number of carboxylic acids is 1. The molecule has 1 aromatic rings. The Balaban J connectivity index is 3.31. The quantitative estimate of drug-likeness (QED) is 0.810. The van der Waals surface area contributed by atoms with Crippen molar-refractivity contribution in [2.75, 3.05) is 13.4 Å². The molecule has 0 amide bonds. The van der Waals surface area contributed by atoms with Gasteiger partial charge in [-0.3, -0.25) is 0 Å². The maximum absolute atomic E-state index is 11.3. The molecule has 3 N–H and O–H groups in total. The van der Waals surface area contributed by atoms with Crippen LogP contribution in [0, 0.1) is 0 Å². The first-order valence-electron chi connectivity index (χ1n) is 4.63. The van der Waals surface area contributed by atoms with Gasteiger partial charge in [0.05, 0.1) is 7.11 Å². The Bertz CT molecular complexity index is 538. The van der Waals surface area contributed by atoms with Gasteiger partial charge in [0.1, 0.15) is 16.7 Å². The minimum absolute atomic E-state index is 0.121. The van der Waals surface area contributed by atoms with E-state index in [0.717, 1.165) is 6.26 Å². The zero-order valence-electron chi connectivity index (χ0n) is 9.38. The number of benzene rings is 1. The van der Waals surface area contributed by atoms with Gasteiger partial charge in [0, 0.05) is 6.26 Å². The molecule has 17 heavy (non-hydrogen) atoms. The van der Waals surface area contributed by atoms with E-state index in [1.54, 1.807) is 0 Å². The third kappa shape index (κ3) is 2.95. The third-order valence-corrected chi connectivity index (χ3v) is 3.44. The number of hydrogen-bond acceptors (Lipinski definition) is 5. The Morgan fingerprint density at radius 1 is 1.47 bits per heavy atom. The van der Waals surface area contributed by atoms with Crippen LogP contribution < -0.4 is 10.5 Å². The first-order valence-corrected chi connectivity index (χ1v) is 6.58. The maximum Gasteiger partial charge on any atom is 0.339 e. The van der Waals surface area contributed by atoms with Crippen LogP contribution >= 0.6 is 0 Å². The Morgan fingerprint density at radius 2 is 2.06 bits per heavy atom. The normalized spacial score (nSPS) is 13.1. The van der Waals surface area contributed by atoms with Crippen LogP contribution in [0.15, 0.2) is 18.2 Å². The van der Waals surface area contributed by atoms with Crippen molar-refractivity contribution in [1.82, 2.24) is 0 Å². The van der Waals surface area contributed by atoms with E-state index in [1.807, 2.05) is 0 Å². The molecule has 0 aliphatic rings. The van der Waals surface area contributed by atoms with E-state index in [9.17, 15) is 13.2 Å². The number of carbonyl (C=O) groups is 1. The van der Waals surface area contributed by atoms with Gasteiger partial charge in [-0.05, 0) is 17.7 Å². The smallest absolute Gasteiger partial charge is 0.339 e. The summed E-state index contributed by atoms with van der Waals surface area (Å²) in [6, 6.07) is 4.01. The van der Waals surface area contributed by atoms with Gasteiger partial charge in [0.25, 0.3) is 0 Å². The lowest BCUT2D eigenvalue weighted by molar-refractivity contribution is 0.0693. The predicted octanol–water partition coefficient (Wildman–Crippen LogP) is 0.395. The van der Waals surface area contributed by atoms with Gasteiger partial charge in [-0.15, -0.1) is 0 Å². The second-order valence-corrected chi connectivity index (χ2v) is 5.68. The molecule has 1 rings (SSSR count). The van der Waals surface area contributed by atoms with Gasteiger partial charge < -0.3 is 15.6 Å². The number of hydrogen-bond donors (Lipinski definition) is 2. The van der Waals surface area contributed by atoms with Gasteiger partial charge >= 0.3 is 5.97 Å². The highest BCUT2D eigenvalue weighted by atomic mass is 32.2. The fourth-order valence-electron chi connectivity index (χ4n) is 1.32. The summed E-state index contributed by atoms with van der Waals surface area (Å²) >= 11 is 0. The van der Waals surface area contributed by atoms with Crippen molar-refractivity contribution >= 4 is 15.8 Å². The van der Waals surface area contributed by atoms with E-state index in [1.165, 1.54) is 25.3 Å². The molecule has 7 heteroatoms. The number of methoxy groups -OCH3 is 1. The fraction of sp³-hybridized carbons (Fsp3) is 0.300. The molecule has 0 fully saturated rings. The highest BCUT2D eigenvalue weighted by Crippen LogP contribution is 2.24. The van der Waals surface area contributed by atoms with Crippen LogP contribution in [0.4, 0.5) is 0 Å². The van der Waals surface area contributed by atoms with Crippen LogP contribution in [-0.2, 0) is 9.84 Å². The predicted molar refractivity (Wildman–Crippen MR) is 61.7 cm³/mol. The van der Waals surface area contributed by atoms with Gasteiger partial charge in [-0.1, -0.05) is 6.07 Å². The molecule has 1 aromatic carbocycles. The highest BCUT2D eigenvalue weighted by Gasteiger charge is 2.20. The number of carboxylic acid groups (broad SMARTS) is 1. The summed E-state index contributed by atoms with van der Waals surface area (Å²) in [7, 11) is -2.14. The molecule has 6 nitrogen and oxygen atoms in total. The number of ether oxygens (including phenoxy) is 1. The van der Waals surface area contributed by atoms with Crippen molar-refractivity contribution < 1.29 is 23.1 Å². The minimum Gasteiger partial charge on any atom is -0.496 e. The van der Waals surface area contributed by atoms with Crippen LogP contribution in [0.5, 0.6) is 5.75 Å². The molecule has 0 saturated heterocycles. The maximum atomic E-state index is 11.3. The topological polar surface area (TPSA) is 107 Å². The molecule has 0 bridgehead atoms. The average Bonchev–Trinajstić information content (AvgIpc) is 2.25. The molecular weight excluding hydrogens is 246 g/mol. The summed E-state index contributed by atoms with van der Waals surface area (Å²) in [5, 5.41) is 7.69. The molecule has 0 aromatic heterocycles. The molecule has 1 unspecified atom stereocenters. The Labute approximate surface area is 98.9 Å². The summed E-state index contributed by atoms with van der Waals surface area (Å²) < 4.78 is 27.4. The first-order chi connectivity index (χ1) is 7.77. The molecule has 1 atom stereocenters. The molecule has 94 valence electrons. The third-order valence-electron chi connectivity index (χ3n) is 2.24. The number of nitrogens with two attached hydrogens (primary N) is 1. The van der Waals surface area contributed by atoms with Crippen LogP contribution in [-0.4, -0.2) is 32.9 Å². The second kappa shape index (κ2) is 4.72. The van der Waals surface area contributed by atoms with E-state index >= 15 is 0 Å². The van der Waals surface area contributed by atoms with Crippen molar-refractivity contribution in [3.8, 4) is 5.75 Å². The molecule has 0 aliphatic carbocycles. The van der Waals surface area contributed by atoms with E-state index in [-0.39, 0.29) is 16.9 Å². The largest absolute Gasteiger partial charge is 0.496 e. The Morgan fingerprint density at radius 3 is 2.47 bits per heavy atom. The molecular formula is C10H13NO5S. The van der Waals surface area contributed by atoms with Gasteiger partial charge in [0.15, 0.2) is 9.84 Å². The summed E-state index contributed by atoms with van der Waals surface area (Å²) in [5.41, 5.74) is 5.60. The summed E-state index contributed by atoms with van der Waals surface area (Å²) in [6.45, 7) is 0. The lowest BCUT2D eigenvalue weighted by Crippen LogP contribution is -2.20. The van der Waals surface area contributed by atoms with Gasteiger partial charge in [-0.2, -0.15) is 0 Å². The first kappa shape index (κ1) is 13.5. The molecule has 0 radical (unpaired) electrons. The van der Waals surface area contributed by atoms with E-state index in [2.05, 4.69) is 0 Å². The van der Waals surface area contributed by atoms with Crippen molar-refractivity contribution in [1.29, 1.82) is 0 Å². The van der Waals surface area contributed by atoms with Crippen molar-refractivity contribution in [3.05, 3.63) is 29.3 Å². The highest BCUT2D eigenvalue weighted by molar-refractivity contribution is 7.90. The number of aromatic carboxylic acids is 1. The van der Waals surface area contributed by atoms with Crippen molar-refractivity contribution in [2.24, 2.45) is 5.73 Å². The van der Waals surface area contributed by atoms with Crippen LogP contribution in [0.1, 0.15) is 21.3 Å². The van der Waals surface area contributed by atoms with Crippen LogP contribution in [0.3, 0.4) is 0 Å². The van der Waals surface area contributed by atoms with E-state index in [0.29, 0.717) is 0 Å². The average molecular weight is 259 g/mol. The van der Waals surface area contributed by atoms with Crippen molar-refractivity contribution in [3.63, 3.8) is 0 Å². The Hall–Kier alpha value is -1.60. The minimum atomic E-state index is -3.47. The zero-order chi connectivity index (χ0) is 13.2. The summed E-state index contributed by atoms with van der Waals surface area (Å²) in [6.07, 6.45) is 0.988. The SMILES string of the molecule is COc1ccc(C(N)S(C)(=O)=O)cc1C(=O)O. The van der Waals surface area contributed by atoms with Gasteiger partial charge in [0.2, 0.25) is 0 Å². The Kier molecular flexibility index (Phi) is 3.74. The number of sulfone groups is 1. The summed E-state index contributed by atoms with van der Waals surface area (Å²) in [4.78, 5) is 10.9. The lowest BCUT2D eigenvalue weighted by Gasteiger charge is -2.12. The standard InChI is InChI=1S/C10H13NO5S/c1-16-8-4-3-6(5-7(8)10(12)13)9(11)17(2,14)15/h3-5,9H,11H2,1-2H3,(H,12,13). The lowest BCUT2D eigenvalue weighted by atomic mass is 10.1. The fourth-order valence-corrected chi connectivity index (χ4v) is 1.96. The number of rotatable bonds is 4. The van der Waals surface area contributed by atoms with Gasteiger partial charge in [-0.25, -0.2) is 13.2 Å².